The van der Waals surface area contributed by atoms with E-state index in [0.717, 1.165) is 0 Å². The van der Waals surface area contributed by atoms with Gasteiger partial charge in [0.05, 0.1) is 16.7 Å². The molecule has 0 saturated heterocycles. The summed E-state index contributed by atoms with van der Waals surface area (Å²) in [5.74, 6) is -1.33. The van der Waals surface area contributed by atoms with Crippen LogP contribution in [0, 0.1) is 5.41 Å². The first-order chi connectivity index (χ1) is 9.77. The van der Waals surface area contributed by atoms with Crippen LogP contribution in [-0.4, -0.2) is 36.6 Å². The Balaban J connectivity index is 2.67. The van der Waals surface area contributed by atoms with Gasteiger partial charge in [-0.25, -0.2) is 9.59 Å². The van der Waals surface area contributed by atoms with Gasteiger partial charge in [-0.1, -0.05) is 12.1 Å². The number of carboxylic acid groups (broad SMARTS) is 1. The van der Waals surface area contributed by atoms with Crippen LogP contribution in [0.5, 0.6) is 0 Å². The van der Waals surface area contributed by atoms with Gasteiger partial charge >= 0.3 is 12.0 Å². The van der Waals surface area contributed by atoms with Crippen LogP contribution in [0.25, 0.3) is 0 Å². The molecule has 0 heterocycles. The van der Waals surface area contributed by atoms with Crippen LogP contribution < -0.4 is 16.0 Å². The molecule has 114 valence electrons. The molecule has 0 spiro atoms. The van der Waals surface area contributed by atoms with Crippen LogP contribution in [0.2, 0.25) is 0 Å². The molecule has 0 radical (unpaired) electrons. The Morgan fingerprint density at radius 3 is 2.38 bits per heavy atom. The molecule has 0 aliphatic heterocycles. The Hall–Kier alpha value is -2.57. The fourth-order valence-electron chi connectivity index (χ4n) is 1.67. The van der Waals surface area contributed by atoms with Gasteiger partial charge in [-0.05, 0) is 26.0 Å². The second-order valence-electron chi connectivity index (χ2n) is 5.12. The van der Waals surface area contributed by atoms with Crippen molar-refractivity contribution in [2.24, 2.45) is 5.41 Å². The molecule has 0 aromatic heterocycles. The van der Waals surface area contributed by atoms with E-state index in [1.54, 1.807) is 26.0 Å². The van der Waals surface area contributed by atoms with Gasteiger partial charge < -0.3 is 21.1 Å². The second kappa shape index (κ2) is 6.74. The number of carboxylic acids is 1. The molecule has 0 atom stereocenters. The minimum absolute atomic E-state index is 0.00166. The smallest absolute Gasteiger partial charge is 0.337 e. The van der Waals surface area contributed by atoms with Crippen LogP contribution in [0.4, 0.5) is 10.5 Å². The summed E-state index contributed by atoms with van der Waals surface area (Å²) in [4.78, 5) is 34.4. The van der Waals surface area contributed by atoms with E-state index in [4.69, 9.17) is 5.11 Å². The summed E-state index contributed by atoms with van der Waals surface area (Å²) >= 11 is 0. The number of anilines is 1. The number of nitrogens with one attached hydrogen (secondary N) is 3. The lowest BCUT2D eigenvalue weighted by Crippen LogP contribution is -2.44. The number of carbonyl (C=O) groups excluding carboxylic acids is 2. The zero-order valence-corrected chi connectivity index (χ0v) is 12.2. The fourth-order valence-corrected chi connectivity index (χ4v) is 1.67. The molecule has 7 heteroatoms. The Morgan fingerprint density at radius 2 is 1.81 bits per heavy atom. The predicted octanol–water partition coefficient (Wildman–Crippen LogP) is 1.28. The summed E-state index contributed by atoms with van der Waals surface area (Å²) in [5.41, 5.74) is -0.572. The SMILES string of the molecule is CNC(=O)C(C)(C)CNC(=O)Nc1ccccc1C(=O)O. The van der Waals surface area contributed by atoms with Crippen LogP contribution >= 0.6 is 0 Å². The van der Waals surface area contributed by atoms with Crippen LogP contribution in [-0.2, 0) is 4.79 Å². The Bertz CT molecular complexity index is 555. The van der Waals surface area contributed by atoms with Crippen molar-refractivity contribution >= 4 is 23.6 Å². The number of hydrogen-bond donors (Lipinski definition) is 4. The molecular formula is C14H19N3O4. The summed E-state index contributed by atoms with van der Waals surface area (Å²) < 4.78 is 0. The zero-order valence-electron chi connectivity index (χ0n) is 12.2. The first-order valence-electron chi connectivity index (χ1n) is 6.37. The van der Waals surface area contributed by atoms with Gasteiger partial charge in [0.2, 0.25) is 5.91 Å². The predicted molar refractivity (Wildman–Crippen MR) is 78.3 cm³/mol. The zero-order chi connectivity index (χ0) is 16.0. The first kappa shape index (κ1) is 16.5. The summed E-state index contributed by atoms with van der Waals surface area (Å²) in [6.45, 7) is 3.50. The lowest BCUT2D eigenvalue weighted by atomic mass is 9.92. The first-order valence-corrected chi connectivity index (χ1v) is 6.37. The van der Waals surface area contributed by atoms with Crippen molar-refractivity contribution in [3.63, 3.8) is 0 Å². The molecular weight excluding hydrogens is 274 g/mol. The molecule has 0 saturated carbocycles. The number of urea groups is 1. The van der Waals surface area contributed by atoms with E-state index in [2.05, 4.69) is 16.0 Å². The lowest BCUT2D eigenvalue weighted by Gasteiger charge is -2.23. The van der Waals surface area contributed by atoms with E-state index in [1.807, 2.05) is 0 Å². The van der Waals surface area contributed by atoms with Gasteiger partial charge in [-0.2, -0.15) is 0 Å². The Morgan fingerprint density at radius 1 is 1.19 bits per heavy atom. The third kappa shape index (κ3) is 4.48. The number of amides is 3. The maximum Gasteiger partial charge on any atom is 0.337 e. The number of aromatic carboxylic acids is 1. The molecule has 1 rings (SSSR count). The molecule has 7 nitrogen and oxygen atoms in total. The minimum Gasteiger partial charge on any atom is -0.478 e. The van der Waals surface area contributed by atoms with E-state index < -0.39 is 17.4 Å². The van der Waals surface area contributed by atoms with Gasteiger partial charge in [-0.3, -0.25) is 4.79 Å². The van der Waals surface area contributed by atoms with Crippen molar-refractivity contribution in [3.8, 4) is 0 Å². The second-order valence-corrected chi connectivity index (χ2v) is 5.12. The highest BCUT2D eigenvalue weighted by Gasteiger charge is 2.27. The Kier molecular flexibility index (Phi) is 5.29. The molecule has 21 heavy (non-hydrogen) atoms. The molecule has 0 aliphatic rings. The molecule has 0 fully saturated rings. The number of hydrogen-bond acceptors (Lipinski definition) is 3. The topological polar surface area (TPSA) is 108 Å². The lowest BCUT2D eigenvalue weighted by molar-refractivity contribution is -0.128. The van der Waals surface area contributed by atoms with Gasteiger partial charge in [0.1, 0.15) is 0 Å². The van der Waals surface area contributed by atoms with Gasteiger partial charge in [0.25, 0.3) is 0 Å². The quantitative estimate of drug-likeness (QED) is 0.656. The summed E-state index contributed by atoms with van der Waals surface area (Å²) in [6.07, 6.45) is 0. The van der Waals surface area contributed by atoms with Gasteiger partial charge in [0, 0.05) is 13.6 Å². The third-order valence-corrected chi connectivity index (χ3v) is 2.94. The molecule has 0 bridgehead atoms. The van der Waals surface area contributed by atoms with E-state index in [-0.39, 0.29) is 23.7 Å². The number of benzene rings is 1. The third-order valence-electron chi connectivity index (χ3n) is 2.94. The molecule has 4 N–H and O–H groups in total. The molecule has 1 aromatic carbocycles. The molecule has 0 aliphatic carbocycles. The van der Waals surface area contributed by atoms with Crippen LogP contribution in [0.3, 0.4) is 0 Å². The summed E-state index contributed by atoms with van der Waals surface area (Å²) in [5, 5.41) is 16.5. The largest absolute Gasteiger partial charge is 0.478 e. The van der Waals surface area contributed by atoms with Crippen molar-refractivity contribution in [3.05, 3.63) is 29.8 Å². The Labute approximate surface area is 122 Å². The van der Waals surface area contributed by atoms with Gasteiger partial charge in [-0.15, -0.1) is 0 Å². The fraction of sp³-hybridized carbons (Fsp3) is 0.357. The average molecular weight is 293 g/mol. The molecule has 1 aromatic rings. The van der Waals surface area contributed by atoms with Crippen LogP contribution in [0.1, 0.15) is 24.2 Å². The highest BCUT2D eigenvalue weighted by atomic mass is 16.4. The van der Waals surface area contributed by atoms with E-state index in [9.17, 15) is 14.4 Å². The van der Waals surface area contributed by atoms with E-state index in [1.165, 1.54) is 19.2 Å². The van der Waals surface area contributed by atoms with Crippen molar-refractivity contribution < 1.29 is 19.5 Å². The maximum atomic E-state index is 11.8. The highest BCUT2D eigenvalue weighted by molar-refractivity contribution is 6.00. The van der Waals surface area contributed by atoms with Crippen molar-refractivity contribution in [2.45, 2.75) is 13.8 Å². The molecule has 0 unspecified atom stereocenters. The van der Waals surface area contributed by atoms with Crippen molar-refractivity contribution in [1.29, 1.82) is 0 Å². The van der Waals surface area contributed by atoms with Crippen molar-refractivity contribution in [1.82, 2.24) is 10.6 Å². The number of carbonyl (C=O) groups is 3. The number of rotatable bonds is 5. The number of para-hydroxylation sites is 1. The van der Waals surface area contributed by atoms with E-state index >= 15 is 0 Å². The summed E-state index contributed by atoms with van der Waals surface area (Å²) in [6, 6.07) is 5.51. The standard InChI is InChI=1S/C14H19N3O4/c1-14(2,12(20)15-3)8-16-13(21)17-10-7-5-4-6-9(10)11(18)19/h4-7H,8H2,1-3H3,(H,15,20)(H,18,19)(H2,16,17,21). The van der Waals surface area contributed by atoms with Crippen molar-refractivity contribution in [2.75, 3.05) is 18.9 Å². The monoisotopic (exact) mass is 293 g/mol. The maximum absolute atomic E-state index is 11.8. The van der Waals surface area contributed by atoms with Gasteiger partial charge in [0.15, 0.2) is 0 Å². The van der Waals surface area contributed by atoms with Crippen LogP contribution in [0.15, 0.2) is 24.3 Å². The normalized spacial score (nSPS) is 10.6. The minimum atomic E-state index is -1.13. The van der Waals surface area contributed by atoms with E-state index in [0.29, 0.717) is 0 Å². The summed E-state index contributed by atoms with van der Waals surface area (Å²) in [7, 11) is 1.52. The average Bonchev–Trinajstić information content (AvgIpc) is 2.44. The molecule has 3 amide bonds. The highest BCUT2D eigenvalue weighted by Crippen LogP contribution is 2.16.